The average Bonchev–Trinajstić information content (AvgIpc) is 2.21. The molecule has 5 heteroatoms. The lowest BCUT2D eigenvalue weighted by molar-refractivity contribution is -0.140. The minimum absolute atomic E-state index is 0.155. The summed E-state index contributed by atoms with van der Waals surface area (Å²) in [4.78, 5) is 13.8. The third-order valence-corrected chi connectivity index (χ3v) is 2.63. The molecule has 0 atom stereocenters. The van der Waals surface area contributed by atoms with Crippen LogP contribution < -0.4 is 5.73 Å². The van der Waals surface area contributed by atoms with Crippen LogP contribution in [0.5, 0.6) is 0 Å². The van der Waals surface area contributed by atoms with Crippen LogP contribution in [0.1, 0.15) is 33.1 Å². The molecule has 0 saturated heterocycles. The van der Waals surface area contributed by atoms with Gasteiger partial charge in [-0.05, 0) is 26.8 Å². The van der Waals surface area contributed by atoms with Gasteiger partial charge in [-0.15, -0.1) is 0 Å². The summed E-state index contributed by atoms with van der Waals surface area (Å²) in [6, 6.07) is 0.437. The van der Waals surface area contributed by atoms with E-state index in [-0.39, 0.29) is 5.97 Å². The Morgan fingerprint density at radius 1 is 1.38 bits per heavy atom. The molecule has 0 aromatic rings. The van der Waals surface area contributed by atoms with E-state index in [0.717, 1.165) is 25.9 Å². The van der Waals surface area contributed by atoms with E-state index in [2.05, 4.69) is 23.5 Å². The van der Waals surface area contributed by atoms with Crippen LogP contribution in [0.2, 0.25) is 0 Å². The van der Waals surface area contributed by atoms with Gasteiger partial charge in [-0.2, -0.15) is 0 Å². The van der Waals surface area contributed by atoms with Gasteiger partial charge in [-0.3, -0.25) is 4.79 Å². The molecule has 0 rings (SSSR count). The Balaban J connectivity index is 3.85. The summed E-state index contributed by atoms with van der Waals surface area (Å²) < 4.78 is 4.59. The number of carbonyl (C=O) groups is 1. The molecule has 0 saturated carbocycles. The van der Waals surface area contributed by atoms with E-state index in [9.17, 15) is 4.79 Å². The van der Waals surface area contributed by atoms with Crippen molar-refractivity contribution in [1.29, 1.82) is 0 Å². The number of methoxy groups -OCH3 is 1. The molecule has 0 aliphatic rings. The first-order valence-electron chi connectivity index (χ1n) is 5.56. The minimum atomic E-state index is -0.155. The van der Waals surface area contributed by atoms with E-state index < -0.39 is 0 Å². The van der Waals surface area contributed by atoms with E-state index in [0.29, 0.717) is 17.5 Å². The second-order valence-electron chi connectivity index (χ2n) is 4.03. The topological polar surface area (TPSA) is 55.6 Å². The molecule has 16 heavy (non-hydrogen) atoms. The lowest BCUT2D eigenvalue weighted by Crippen LogP contribution is -2.34. The number of carbonyl (C=O) groups excluding carboxylic acids is 1. The molecule has 0 spiro atoms. The molecule has 0 aliphatic carbocycles. The zero-order valence-corrected chi connectivity index (χ0v) is 11.2. The summed E-state index contributed by atoms with van der Waals surface area (Å²) in [6.45, 7) is 5.97. The van der Waals surface area contributed by atoms with Crippen molar-refractivity contribution in [2.75, 3.05) is 20.2 Å². The van der Waals surface area contributed by atoms with Crippen LogP contribution in [-0.4, -0.2) is 42.1 Å². The van der Waals surface area contributed by atoms with Crippen LogP contribution in [0.3, 0.4) is 0 Å². The number of hydrogen-bond acceptors (Lipinski definition) is 4. The third kappa shape index (κ3) is 7.59. The first-order valence-corrected chi connectivity index (χ1v) is 5.97. The Labute approximate surface area is 103 Å². The maximum Gasteiger partial charge on any atom is 0.305 e. The van der Waals surface area contributed by atoms with E-state index >= 15 is 0 Å². The molecule has 2 N–H and O–H groups in total. The third-order valence-electron chi connectivity index (χ3n) is 2.43. The predicted octanol–water partition coefficient (Wildman–Crippen LogP) is 1.33. The normalized spacial score (nSPS) is 10.8. The average molecular weight is 246 g/mol. The molecule has 0 heterocycles. The number of rotatable bonds is 8. The Morgan fingerprint density at radius 3 is 2.44 bits per heavy atom. The zero-order chi connectivity index (χ0) is 12.6. The monoisotopic (exact) mass is 246 g/mol. The number of hydrogen-bond donors (Lipinski definition) is 1. The second kappa shape index (κ2) is 8.47. The van der Waals surface area contributed by atoms with Crippen LogP contribution in [0.4, 0.5) is 0 Å². The Morgan fingerprint density at radius 2 is 2.00 bits per heavy atom. The first kappa shape index (κ1) is 15.3. The van der Waals surface area contributed by atoms with E-state index in [4.69, 9.17) is 18.0 Å². The van der Waals surface area contributed by atoms with Gasteiger partial charge in [0, 0.05) is 25.4 Å². The lowest BCUT2D eigenvalue weighted by atomic mass is 10.2. The fourth-order valence-corrected chi connectivity index (χ4v) is 1.50. The van der Waals surface area contributed by atoms with Gasteiger partial charge in [-0.1, -0.05) is 12.2 Å². The van der Waals surface area contributed by atoms with Crippen molar-refractivity contribution in [2.24, 2.45) is 5.73 Å². The minimum Gasteiger partial charge on any atom is -0.469 e. The molecule has 0 aliphatic heterocycles. The fraction of sp³-hybridized carbons (Fsp3) is 0.818. The number of esters is 1. The molecule has 94 valence electrons. The SMILES string of the molecule is COC(=O)CCCN(CCC(N)=S)C(C)C. The maximum absolute atomic E-state index is 10.9. The molecular weight excluding hydrogens is 224 g/mol. The van der Waals surface area contributed by atoms with Crippen molar-refractivity contribution in [3.05, 3.63) is 0 Å². The Bertz CT molecular complexity index is 232. The van der Waals surface area contributed by atoms with E-state index in [1.807, 2.05) is 0 Å². The largest absolute Gasteiger partial charge is 0.469 e. The summed E-state index contributed by atoms with van der Waals surface area (Å²) in [5, 5.41) is 0. The van der Waals surface area contributed by atoms with Crippen molar-refractivity contribution in [1.82, 2.24) is 4.90 Å². The summed E-state index contributed by atoms with van der Waals surface area (Å²) >= 11 is 4.85. The molecule has 0 amide bonds. The summed E-state index contributed by atoms with van der Waals surface area (Å²) in [5.74, 6) is -0.155. The van der Waals surface area contributed by atoms with Crippen molar-refractivity contribution >= 4 is 23.2 Å². The van der Waals surface area contributed by atoms with Crippen LogP contribution in [0.25, 0.3) is 0 Å². The van der Waals surface area contributed by atoms with Crippen molar-refractivity contribution in [2.45, 2.75) is 39.2 Å². The van der Waals surface area contributed by atoms with E-state index in [1.54, 1.807) is 0 Å². The number of nitrogens with two attached hydrogens (primary N) is 1. The molecule has 0 aromatic carbocycles. The Kier molecular flexibility index (Phi) is 8.11. The van der Waals surface area contributed by atoms with Gasteiger partial charge in [0.05, 0.1) is 12.1 Å². The number of ether oxygens (including phenoxy) is 1. The molecule has 0 unspecified atom stereocenters. The van der Waals surface area contributed by atoms with E-state index in [1.165, 1.54) is 7.11 Å². The predicted molar refractivity (Wildman–Crippen MR) is 69.4 cm³/mol. The van der Waals surface area contributed by atoms with Crippen LogP contribution in [0, 0.1) is 0 Å². The van der Waals surface area contributed by atoms with Gasteiger partial charge < -0.3 is 15.4 Å². The zero-order valence-electron chi connectivity index (χ0n) is 10.4. The summed E-state index contributed by atoms with van der Waals surface area (Å²) in [7, 11) is 1.41. The highest BCUT2D eigenvalue weighted by atomic mass is 32.1. The van der Waals surface area contributed by atoms with Gasteiger partial charge in [0.25, 0.3) is 0 Å². The standard InChI is InChI=1S/C11H22N2O2S/c1-9(2)13(8-6-10(12)16)7-4-5-11(14)15-3/h9H,4-8H2,1-3H3,(H2,12,16). The molecule has 0 radical (unpaired) electrons. The van der Waals surface area contributed by atoms with Gasteiger partial charge in [0.1, 0.15) is 0 Å². The maximum atomic E-state index is 10.9. The summed E-state index contributed by atoms with van der Waals surface area (Å²) in [5.41, 5.74) is 5.47. The van der Waals surface area contributed by atoms with Gasteiger partial charge >= 0.3 is 5.97 Å². The first-order chi connectivity index (χ1) is 7.47. The highest BCUT2D eigenvalue weighted by Crippen LogP contribution is 2.03. The van der Waals surface area contributed by atoms with Crippen molar-refractivity contribution < 1.29 is 9.53 Å². The quantitative estimate of drug-likeness (QED) is 0.517. The lowest BCUT2D eigenvalue weighted by Gasteiger charge is -2.26. The highest BCUT2D eigenvalue weighted by molar-refractivity contribution is 7.80. The Hall–Kier alpha value is -0.680. The molecule has 0 bridgehead atoms. The molecular formula is C11H22N2O2S. The van der Waals surface area contributed by atoms with Crippen molar-refractivity contribution in [3.8, 4) is 0 Å². The van der Waals surface area contributed by atoms with Gasteiger partial charge in [-0.25, -0.2) is 0 Å². The molecule has 0 fully saturated rings. The smallest absolute Gasteiger partial charge is 0.305 e. The van der Waals surface area contributed by atoms with Gasteiger partial charge in [0.15, 0.2) is 0 Å². The second-order valence-corrected chi connectivity index (χ2v) is 4.55. The van der Waals surface area contributed by atoms with Crippen molar-refractivity contribution in [3.63, 3.8) is 0 Å². The van der Waals surface area contributed by atoms with Gasteiger partial charge in [0.2, 0.25) is 0 Å². The van der Waals surface area contributed by atoms with Crippen LogP contribution >= 0.6 is 12.2 Å². The molecule has 0 aromatic heterocycles. The summed E-state index contributed by atoms with van der Waals surface area (Å²) in [6.07, 6.45) is 2.00. The highest BCUT2D eigenvalue weighted by Gasteiger charge is 2.10. The fourth-order valence-electron chi connectivity index (χ4n) is 1.41. The van der Waals surface area contributed by atoms with Crippen LogP contribution in [0.15, 0.2) is 0 Å². The number of thiocarbonyl (C=S) groups is 1. The number of nitrogens with zero attached hydrogens (tertiary/aromatic N) is 1. The molecule has 4 nitrogen and oxygen atoms in total. The van der Waals surface area contributed by atoms with Crippen LogP contribution in [-0.2, 0) is 9.53 Å².